The molecule has 210 valence electrons. The Balaban J connectivity index is 1.35. The highest BCUT2D eigenvalue weighted by Gasteiger charge is 2.22. The third-order valence-electron chi connectivity index (χ3n) is 8.85. The molecule has 45 heavy (non-hydrogen) atoms. The minimum atomic E-state index is 0.659. The maximum Gasteiger partial charge on any atom is 0.235 e. The Bertz CT molecular complexity index is 2720. The van der Waals surface area contributed by atoms with Crippen LogP contribution in [-0.2, 0) is 0 Å². The molecule has 4 nitrogen and oxygen atoms in total. The van der Waals surface area contributed by atoms with Gasteiger partial charge in [-0.2, -0.15) is 0 Å². The van der Waals surface area contributed by atoms with E-state index in [1.807, 2.05) is 18.2 Å². The number of hydrogen-bond acceptors (Lipinski definition) is 4. The predicted molar refractivity (Wildman–Crippen MR) is 187 cm³/mol. The first-order valence-electron chi connectivity index (χ1n) is 15.0. The van der Waals surface area contributed by atoms with Gasteiger partial charge >= 0.3 is 0 Å². The largest absolute Gasteiger partial charge is 0.456 e. The summed E-state index contributed by atoms with van der Waals surface area (Å²) in [6.45, 7) is 0. The third kappa shape index (κ3) is 3.59. The predicted octanol–water partition coefficient (Wildman–Crippen LogP) is 11.2. The Morgan fingerprint density at radius 1 is 0.533 bits per heavy atom. The van der Waals surface area contributed by atoms with Crippen LogP contribution >= 0.6 is 11.3 Å². The summed E-state index contributed by atoms with van der Waals surface area (Å²) in [4.78, 5) is 10.8. The maximum atomic E-state index is 6.32. The molecule has 0 radical (unpaired) electrons. The van der Waals surface area contributed by atoms with Crippen LogP contribution < -0.4 is 0 Å². The second-order valence-corrected chi connectivity index (χ2v) is 12.4. The molecule has 0 spiro atoms. The summed E-state index contributed by atoms with van der Waals surface area (Å²) in [5, 5.41) is 5.65. The first kappa shape index (κ1) is 24.6. The lowest BCUT2D eigenvalue weighted by Gasteiger charge is -2.11. The van der Waals surface area contributed by atoms with Gasteiger partial charge in [0.2, 0.25) is 5.95 Å². The molecule has 5 heteroatoms. The van der Waals surface area contributed by atoms with Crippen LogP contribution in [-0.4, -0.2) is 14.5 Å². The van der Waals surface area contributed by atoms with E-state index in [-0.39, 0.29) is 0 Å². The molecule has 0 aliphatic rings. The molecule has 10 aromatic rings. The molecule has 0 saturated heterocycles. The number of nitrogens with zero attached hydrogens (tertiary/aromatic N) is 3. The minimum Gasteiger partial charge on any atom is -0.456 e. The van der Waals surface area contributed by atoms with Crippen molar-refractivity contribution >= 4 is 75.4 Å². The van der Waals surface area contributed by atoms with Crippen molar-refractivity contribution in [2.45, 2.75) is 0 Å². The number of hydrogen-bond donors (Lipinski definition) is 0. The van der Waals surface area contributed by atoms with Gasteiger partial charge in [-0.15, -0.1) is 11.3 Å². The van der Waals surface area contributed by atoms with Crippen molar-refractivity contribution in [3.05, 3.63) is 140 Å². The van der Waals surface area contributed by atoms with Crippen LogP contribution in [0.25, 0.3) is 92.4 Å². The van der Waals surface area contributed by atoms with Crippen molar-refractivity contribution in [3.8, 4) is 28.3 Å². The molecule has 0 unspecified atom stereocenters. The molecule has 0 amide bonds. The van der Waals surface area contributed by atoms with Crippen molar-refractivity contribution < 1.29 is 4.42 Å². The summed E-state index contributed by atoms with van der Waals surface area (Å²) in [7, 11) is 0. The van der Waals surface area contributed by atoms with Crippen molar-refractivity contribution in [3.63, 3.8) is 0 Å². The van der Waals surface area contributed by atoms with Crippen molar-refractivity contribution in [2.75, 3.05) is 0 Å². The lowest BCUT2D eigenvalue weighted by Crippen LogP contribution is -2.02. The van der Waals surface area contributed by atoms with Crippen LogP contribution in [0.4, 0.5) is 0 Å². The van der Waals surface area contributed by atoms with Gasteiger partial charge in [0.15, 0.2) is 0 Å². The monoisotopic (exact) mass is 593 g/mol. The Morgan fingerprint density at radius 2 is 1.22 bits per heavy atom. The molecule has 0 N–H and O–H groups in total. The average molecular weight is 594 g/mol. The van der Waals surface area contributed by atoms with Crippen molar-refractivity contribution in [2.24, 2.45) is 0 Å². The van der Waals surface area contributed by atoms with Gasteiger partial charge in [-0.1, -0.05) is 109 Å². The van der Waals surface area contributed by atoms with Gasteiger partial charge in [-0.05, 0) is 41.5 Å². The SMILES string of the molecule is c1ccc(-c2ccc3c(c2)sc2c(-c4cccc5oc6ccccc6c45)nc(-n4c5ccccc5c5ccccc54)nc23)cc1. The molecule has 0 aliphatic carbocycles. The molecule has 10 rings (SSSR count). The zero-order chi connectivity index (χ0) is 29.5. The molecule has 0 bridgehead atoms. The van der Waals surface area contributed by atoms with Crippen LogP contribution in [0, 0.1) is 0 Å². The standard InChI is InChI=1S/C40H23N3OS/c1-2-11-24(12-3-1)25-21-22-29-35(23-25)45-39-37(29)41-40(43-31-17-7-4-13-26(31)27-14-5-8-18-32(27)43)42-38(39)30-16-10-20-34-36(30)28-15-6-9-19-33(28)44-34/h1-23H. The number of para-hydroxylation sites is 3. The van der Waals surface area contributed by atoms with E-state index in [0.29, 0.717) is 5.95 Å². The van der Waals surface area contributed by atoms with Gasteiger partial charge in [0, 0.05) is 37.2 Å². The van der Waals surface area contributed by atoms with E-state index < -0.39 is 0 Å². The van der Waals surface area contributed by atoms with Crippen LogP contribution in [0.15, 0.2) is 144 Å². The van der Waals surface area contributed by atoms with Gasteiger partial charge in [-0.25, -0.2) is 9.97 Å². The molecule has 6 aromatic carbocycles. The molecule has 4 heterocycles. The number of thiophene rings is 1. The fourth-order valence-corrected chi connectivity index (χ4v) is 8.02. The summed E-state index contributed by atoms with van der Waals surface area (Å²) < 4.78 is 10.8. The van der Waals surface area contributed by atoms with Gasteiger partial charge in [0.05, 0.1) is 26.9 Å². The fourth-order valence-electron chi connectivity index (χ4n) is 6.83. The number of benzene rings is 6. The number of fused-ring (bicyclic) bond motifs is 9. The Morgan fingerprint density at radius 3 is 2.02 bits per heavy atom. The zero-order valence-corrected chi connectivity index (χ0v) is 24.8. The van der Waals surface area contributed by atoms with E-state index >= 15 is 0 Å². The molecule has 0 fully saturated rings. The molecule has 4 aromatic heterocycles. The van der Waals surface area contributed by atoms with Crippen molar-refractivity contribution in [1.82, 2.24) is 14.5 Å². The van der Waals surface area contributed by atoms with Crippen LogP contribution in [0.5, 0.6) is 0 Å². The lowest BCUT2D eigenvalue weighted by molar-refractivity contribution is 0.669. The highest BCUT2D eigenvalue weighted by molar-refractivity contribution is 7.26. The van der Waals surface area contributed by atoms with Crippen LogP contribution in [0.3, 0.4) is 0 Å². The highest BCUT2D eigenvalue weighted by atomic mass is 32.1. The first-order chi connectivity index (χ1) is 22.3. The molecular formula is C40H23N3OS. The van der Waals surface area contributed by atoms with Gasteiger partial charge in [-0.3, -0.25) is 4.57 Å². The van der Waals surface area contributed by atoms with E-state index in [0.717, 1.165) is 59.8 Å². The average Bonchev–Trinajstić information content (AvgIpc) is 3.77. The fraction of sp³-hybridized carbons (Fsp3) is 0. The zero-order valence-electron chi connectivity index (χ0n) is 23.9. The summed E-state index contributed by atoms with van der Waals surface area (Å²) in [5.74, 6) is 0.659. The third-order valence-corrected chi connectivity index (χ3v) is 10.00. The quantitative estimate of drug-likeness (QED) is 0.205. The Hall–Kier alpha value is -5.78. The van der Waals surface area contributed by atoms with E-state index in [4.69, 9.17) is 14.4 Å². The molecule has 0 atom stereocenters. The molecular weight excluding hydrogens is 571 g/mol. The Labute approximate surface area is 261 Å². The lowest BCUT2D eigenvalue weighted by atomic mass is 10.0. The molecule has 0 saturated carbocycles. The molecule has 0 aliphatic heterocycles. The topological polar surface area (TPSA) is 43.9 Å². The number of rotatable bonds is 3. The minimum absolute atomic E-state index is 0.659. The van der Waals surface area contributed by atoms with Gasteiger partial charge < -0.3 is 4.42 Å². The van der Waals surface area contributed by atoms with Gasteiger partial charge in [0.1, 0.15) is 11.2 Å². The summed E-state index contributed by atoms with van der Waals surface area (Å²) in [6, 6.07) is 48.8. The van der Waals surface area contributed by atoms with Gasteiger partial charge in [0.25, 0.3) is 0 Å². The second kappa shape index (κ2) is 9.36. The van der Waals surface area contributed by atoms with E-state index in [2.05, 4.69) is 126 Å². The van der Waals surface area contributed by atoms with E-state index in [1.165, 1.54) is 26.6 Å². The Kier molecular flexibility index (Phi) is 5.12. The smallest absolute Gasteiger partial charge is 0.235 e. The maximum absolute atomic E-state index is 6.32. The van der Waals surface area contributed by atoms with Crippen molar-refractivity contribution in [1.29, 1.82) is 0 Å². The first-order valence-corrected chi connectivity index (χ1v) is 15.8. The number of aromatic nitrogens is 3. The normalized spacial score (nSPS) is 12.0. The summed E-state index contributed by atoms with van der Waals surface area (Å²) in [6.07, 6.45) is 0. The highest BCUT2D eigenvalue weighted by Crippen LogP contribution is 2.44. The summed E-state index contributed by atoms with van der Waals surface area (Å²) >= 11 is 1.76. The van der Waals surface area contributed by atoms with Crippen LogP contribution in [0.1, 0.15) is 0 Å². The van der Waals surface area contributed by atoms with E-state index in [9.17, 15) is 0 Å². The summed E-state index contributed by atoms with van der Waals surface area (Å²) in [5.41, 5.74) is 9.20. The number of furan rings is 1. The van der Waals surface area contributed by atoms with E-state index in [1.54, 1.807) is 11.3 Å². The van der Waals surface area contributed by atoms with Crippen LogP contribution in [0.2, 0.25) is 0 Å². The second-order valence-electron chi connectivity index (χ2n) is 11.4.